The molecule has 16 aromatic rings. The second-order valence-corrected chi connectivity index (χ2v) is 33.7. The highest BCUT2D eigenvalue weighted by Crippen LogP contribution is 2.40. The number of imidazole rings is 3. The Labute approximate surface area is 829 Å². The van der Waals surface area contributed by atoms with E-state index >= 15 is 0 Å². The number of fused-ring (bicyclic) bond motifs is 12. The number of Topliss-reactive ketones (excluding diaryl/α,β-unsaturated/α-hetero) is 2. The third kappa shape index (κ3) is 33.6. The van der Waals surface area contributed by atoms with E-state index in [1.54, 1.807) is 121 Å². The number of anilines is 5. The van der Waals surface area contributed by atoms with Gasteiger partial charge in [-0.3, -0.25) is 40.2 Å². The van der Waals surface area contributed by atoms with E-state index in [1.807, 2.05) is 83.1 Å². The summed E-state index contributed by atoms with van der Waals surface area (Å²) in [5, 5.41) is 90.1. The number of aryl methyl sites for hydroxylation is 1. The lowest BCUT2D eigenvalue weighted by Crippen LogP contribution is -2.30. The fourth-order valence-electron chi connectivity index (χ4n) is 12.7. The number of hydrogen-bond donors (Lipinski definition) is 16. The number of carbonyl (C=O) groups is 3. The minimum Gasteiger partial charge on any atom is -0.507 e. The first-order valence-corrected chi connectivity index (χ1v) is 46.5. The van der Waals surface area contributed by atoms with Gasteiger partial charge in [-0.05, 0) is 155 Å². The van der Waals surface area contributed by atoms with Crippen molar-refractivity contribution in [3.05, 3.63) is 208 Å². The summed E-state index contributed by atoms with van der Waals surface area (Å²) in [6.07, 6.45) is 5.49. The van der Waals surface area contributed by atoms with Crippen LogP contribution in [0.5, 0.6) is 34.5 Å². The number of nitrogens with two attached hydrogens (primary N) is 5. The van der Waals surface area contributed by atoms with Crippen LogP contribution >= 0.6 is 10.7 Å². The van der Waals surface area contributed by atoms with Crippen molar-refractivity contribution in [2.75, 3.05) is 94.7 Å². The molecule has 7 aromatic carbocycles. The maximum absolute atomic E-state index is 10.9. The summed E-state index contributed by atoms with van der Waals surface area (Å²) in [6.45, 7) is 24.9. The van der Waals surface area contributed by atoms with Gasteiger partial charge in [0, 0.05) is 54.3 Å². The van der Waals surface area contributed by atoms with Crippen LogP contribution in [0.4, 0.5) is 39.9 Å². The van der Waals surface area contributed by atoms with Gasteiger partial charge in [-0.2, -0.15) is 0 Å². The van der Waals surface area contributed by atoms with Crippen LogP contribution in [0.1, 0.15) is 106 Å². The Hall–Kier alpha value is -15.5. The molecule has 0 aliphatic rings. The van der Waals surface area contributed by atoms with Crippen molar-refractivity contribution in [2.24, 2.45) is 0 Å². The number of aromatic amines is 3. The number of nitrogens with one attached hydrogen (secondary N) is 3. The molecule has 25 N–H and O–H groups in total. The summed E-state index contributed by atoms with van der Waals surface area (Å²) in [5.74, 6) is 4.33. The molecule has 0 bridgehead atoms. The first-order chi connectivity index (χ1) is 67.6. The highest BCUT2D eigenvalue weighted by atomic mass is 35.7. The second-order valence-electron chi connectivity index (χ2n) is 31.1. The molecule has 48 heteroatoms. The fraction of sp³-hybridized carbons (Fsp3) is 0.312. The number of ether oxygens (including phenoxy) is 9. The SMILES string of the molecule is CC(=O)COc1cccc2ncc([N+](=O)[O-])c(N)c12.CC(O)COc1cccc2ncc(N)c(N)c12.CCC(C)=O.CCOCC(=O)O.CCOCc1nc2c([nH]1)c(N)nc1cccc(OCC(C)O)c12.CCOCc1nc2c(c[n+](O)c3cccc(OCC(C)O)c23)[nH]1.CCOCc1nc2c(cnc3cccc(OCC(C)O)c32)[nH]1.Cc1ccc(S(=O)(=O)Cl)cc1.N.Nc1c([N+](=O)[O-])cnc2cccc(O)c12.O. The largest absolute Gasteiger partial charge is 0.507 e. The Kier molecular flexibility index (Phi) is 46.2. The summed E-state index contributed by atoms with van der Waals surface area (Å²) in [6, 6.07) is 37.9. The molecule has 46 nitrogen and oxygen atoms in total. The van der Waals surface area contributed by atoms with E-state index in [0.29, 0.717) is 171 Å². The van der Waals surface area contributed by atoms with Gasteiger partial charge in [0.15, 0.2) is 5.78 Å². The number of phenols is 1. The molecule has 0 amide bonds. The number of aliphatic hydroxyl groups is 4. The zero-order valence-electron chi connectivity index (χ0n) is 81.1. The number of aromatic hydroxyl groups is 1. The zero-order valence-corrected chi connectivity index (χ0v) is 82.6. The van der Waals surface area contributed by atoms with Crippen molar-refractivity contribution >= 4 is 176 Å². The predicted molar refractivity (Wildman–Crippen MR) is 545 cm³/mol. The minimum atomic E-state index is -3.55. The van der Waals surface area contributed by atoms with Gasteiger partial charge in [-0.25, -0.2) is 43.1 Å². The number of carboxylic acid groups (broad SMARTS) is 1. The monoisotopic (exact) mass is 2040 g/mol. The van der Waals surface area contributed by atoms with Gasteiger partial charge in [0.1, 0.15) is 180 Å². The van der Waals surface area contributed by atoms with Crippen molar-refractivity contribution in [3.63, 3.8) is 0 Å². The Bertz CT molecular complexity index is 7120. The highest BCUT2D eigenvalue weighted by molar-refractivity contribution is 8.13. The number of aliphatic carboxylic acids is 1. The number of nitrogen functional groups attached to an aromatic ring is 5. The van der Waals surface area contributed by atoms with Crippen LogP contribution in [0.25, 0.3) is 98.5 Å². The first-order valence-electron chi connectivity index (χ1n) is 44.2. The number of H-pyrrole nitrogens is 3. The number of pyridine rings is 6. The Morgan fingerprint density at radius 2 is 0.847 bits per heavy atom. The molecule has 4 unspecified atom stereocenters. The van der Waals surface area contributed by atoms with E-state index in [9.17, 15) is 73.8 Å². The number of nitrogens with zero attached hydrogens (tertiary/aromatic N) is 11. The van der Waals surface area contributed by atoms with Crippen LogP contribution < -0.4 is 63.2 Å². The molecule has 16 rings (SSSR count). The number of ketones is 2. The summed E-state index contributed by atoms with van der Waals surface area (Å²) in [7, 11) is 1.54. The van der Waals surface area contributed by atoms with Crippen LogP contribution in [-0.2, 0) is 62.2 Å². The fourth-order valence-corrected chi connectivity index (χ4v) is 13.5. The van der Waals surface area contributed by atoms with Crippen molar-refractivity contribution in [1.82, 2.24) is 61.0 Å². The van der Waals surface area contributed by atoms with Crippen LogP contribution in [0, 0.1) is 27.2 Å². The van der Waals surface area contributed by atoms with Crippen LogP contribution in [0.3, 0.4) is 0 Å². The zero-order chi connectivity index (χ0) is 104. The molecule has 144 heavy (non-hydrogen) atoms. The average molecular weight is 2040 g/mol. The number of aliphatic hydroxyl groups excluding tert-OH is 4. The molecule has 4 atom stereocenters. The molecule has 772 valence electrons. The van der Waals surface area contributed by atoms with Crippen molar-refractivity contribution in [1.29, 1.82) is 0 Å². The summed E-state index contributed by atoms with van der Waals surface area (Å²) < 4.78 is 71.0. The molecule has 0 spiro atoms. The molecule has 0 fully saturated rings. The number of nitro groups is 2. The quantitative estimate of drug-likeness (QED) is 0.00631. The van der Waals surface area contributed by atoms with Gasteiger partial charge in [-0.1, -0.05) is 61.0 Å². The van der Waals surface area contributed by atoms with Crippen molar-refractivity contribution < 1.29 is 121 Å². The van der Waals surface area contributed by atoms with E-state index in [2.05, 4.69) is 59.6 Å². The Balaban J connectivity index is 0.000000254. The number of phenolic OH excluding ortho intramolecular Hbond substituents is 1. The van der Waals surface area contributed by atoms with Crippen LogP contribution in [0.15, 0.2) is 169 Å². The Morgan fingerprint density at radius 1 is 0.472 bits per heavy atom. The minimum absolute atomic E-state index is 0. The third-order valence-electron chi connectivity index (χ3n) is 19.4. The summed E-state index contributed by atoms with van der Waals surface area (Å²) >= 11 is 0. The summed E-state index contributed by atoms with van der Waals surface area (Å²) in [4.78, 5) is 94.8. The number of rotatable bonds is 31. The van der Waals surface area contributed by atoms with Gasteiger partial charge in [0.25, 0.3) is 14.6 Å². The van der Waals surface area contributed by atoms with Gasteiger partial charge in [0.2, 0.25) is 6.20 Å². The van der Waals surface area contributed by atoms with Gasteiger partial charge in [-0.15, -0.1) is 0 Å². The first kappa shape index (κ1) is 117. The van der Waals surface area contributed by atoms with E-state index < -0.39 is 49.3 Å². The number of carbonyl (C=O) groups excluding carboxylic acids is 2. The summed E-state index contributed by atoms with van der Waals surface area (Å²) in [5.41, 5.74) is 38.3. The maximum Gasteiger partial charge on any atom is 0.329 e. The molecule has 0 radical (unpaired) electrons. The topological polar surface area (TPSA) is 747 Å². The average Bonchev–Trinajstić information content (AvgIpc) is 1.59. The van der Waals surface area contributed by atoms with Crippen LogP contribution in [-0.4, -0.2) is 222 Å². The normalized spacial score (nSPS) is 11.6. The van der Waals surface area contributed by atoms with Crippen LogP contribution in [0.2, 0.25) is 0 Å². The molecule has 9 aromatic heterocycles. The van der Waals surface area contributed by atoms with E-state index in [1.165, 1.54) is 31.3 Å². The predicted octanol–water partition coefficient (Wildman–Crippen LogP) is 12.6. The molecular weight excluding hydrogens is 1920 g/mol. The van der Waals surface area contributed by atoms with E-state index in [4.69, 9.17) is 82.4 Å². The Morgan fingerprint density at radius 3 is 1.28 bits per heavy atom. The molecule has 0 saturated carbocycles. The standard InChI is InChI=1S/C16H20N4O3.C16H19N3O4.C16H19N3O3.C12H11N3O4.C12H15N3O2.C9H7N3O3.C7H7ClO2S.C4H8O3.C4H8O.H3N.H2O/c1-3-22-8-12-19-14-13-10(18-16(17)15(14)20-12)5-4-6-11(13)23-7-9(2)21;1-3-22-9-14-17-11-7-19(21)12-5-4-6-13(23-8-10(2)20)15(12)16(11)18-14;1-3-21-9-14-18-12-7-17-11-5-4-6-13(22-8-10(2)20)15(11)16(12)19-14;1-7(16)6-19-10-4-2-3-8-11(10)12(13)9(5-14-8)15(17)18;1-7(16)6-17-10-4-2-3-9-11(10)12(14)8(13)5-15-9;10-9-6(12(14)15)4-11-5-2-1-3-7(13)8(5)9;1-6-2-4-7(5-3-6)11(8,9)10;1-2-7-3-4(5)6;1-3-4(2)5;;/h4-6,9,21H,3,7-8H2,1-2H3,(H2,17,18)(H,19,20);4-7,10,20-21H,3,8-9H2,1-2H3;4-7,10,20H,3,8-9H2,1-2H3,(H,18,19);2-5H,6H2,1H3,(H2,13,14);2-5,7,16H,6,13H2,1H3,(H2,14,15);1-4,13H,(H2,10,11);2-5H,1H3;2-3H2,1H3,(H,5,6);3H2,1-2H3;1H3;1H2/p+1. The maximum atomic E-state index is 10.9. The second kappa shape index (κ2) is 56.8. The number of aromatic nitrogens is 12. The van der Waals surface area contributed by atoms with Gasteiger partial charge < -0.3 is 133 Å². The van der Waals surface area contributed by atoms with E-state index in [0.717, 1.165) is 61.4 Å². The van der Waals surface area contributed by atoms with Gasteiger partial charge >= 0.3 is 17.3 Å². The van der Waals surface area contributed by atoms with Crippen molar-refractivity contribution in [3.8, 4) is 34.5 Å². The molecular formula is C96H120ClN20O26S+. The van der Waals surface area contributed by atoms with E-state index in [-0.39, 0.29) is 102 Å². The van der Waals surface area contributed by atoms with Gasteiger partial charge in [0.05, 0.1) is 123 Å². The lowest BCUT2D eigenvalue weighted by atomic mass is 10.1. The number of carboxylic acids is 1. The highest BCUT2D eigenvalue weighted by Gasteiger charge is 2.25. The lowest BCUT2D eigenvalue weighted by Gasteiger charge is -2.12. The molecule has 0 aliphatic heterocycles. The third-order valence-corrected chi connectivity index (χ3v) is 20.7. The number of halogens is 1. The molecule has 0 saturated heterocycles. The smallest absolute Gasteiger partial charge is 0.329 e. The molecule has 9 heterocycles. The number of benzene rings is 7. The number of hydrogen-bond acceptors (Lipinski definition) is 38. The van der Waals surface area contributed by atoms with Crippen molar-refractivity contribution in [2.45, 2.75) is 139 Å². The lowest BCUT2D eigenvalue weighted by molar-refractivity contribution is -0.883. The molecule has 0 aliphatic carbocycles.